The van der Waals surface area contributed by atoms with Gasteiger partial charge in [0.1, 0.15) is 5.75 Å². The number of aromatic amines is 1. The normalized spacial score (nSPS) is 11.5. The molecule has 0 saturated heterocycles. The molecule has 22 heavy (non-hydrogen) atoms. The lowest BCUT2D eigenvalue weighted by Crippen LogP contribution is -2.29. The van der Waals surface area contributed by atoms with E-state index in [2.05, 4.69) is 15.0 Å². The summed E-state index contributed by atoms with van der Waals surface area (Å²) < 4.78 is 29.2. The Labute approximate surface area is 129 Å². The third-order valence-corrected chi connectivity index (χ3v) is 3.80. The fourth-order valence-corrected chi connectivity index (χ4v) is 2.50. The van der Waals surface area contributed by atoms with E-state index in [1.165, 1.54) is 0 Å². The van der Waals surface area contributed by atoms with Gasteiger partial charge in [-0.2, -0.15) is 0 Å². The van der Waals surface area contributed by atoms with Crippen molar-refractivity contribution in [2.75, 3.05) is 19.9 Å². The maximum Gasteiger partial charge on any atom is 0.221 e. The van der Waals surface area contributed by atoms with Crippen LogP contribution in [0.3, 0.4) is 0 Å². The number of hydrogen-bond donors (Lipinski definition) is 3. The lowest BCUT2D eigenvalue weighted by atomic mass is 10.2. The zero-order valence-electron chi connectivity index (χ0n) is 12.5. The van der Waals surface area contributed by atoms with E-state index in [0.29, 0.717) is 6.54 Å². The van der Waals surface area contributed by atoms with Crippen LogP contribution in [-0.4, -0.2) is 39.2 Å². The van der Waals surface area contributed by atoms with Gasteiger partial charge in [0, 0.05) is 29.6 Å². The number of H-pyrrole nitrogens is 1. The van der Waals surface area contributed by atoms with Gasteiger partial charge in [-0.1, -0.05) is 0 Å². The molecule has 0 radical (unpaired) electrons. The van der Waals surface area contributed by atoms with Crippen molar-refractivity contribution in [3.05, 3.63) is 30.0 Å². The first-order valence-corrected chi connectivity index (χ1v) is 8.63. The fraction of sp³-hybridized carbons (Fsp3) is 0.357. The Morgan fingerprint density at radius 3 is 2.77 bits per heavy atom. The topological polar surface area (TPSA) is 100 Å². The maximum atomic E-state index is 11.6. The number of sulfonamides is 1. The minimum atomic E-state index is -3.26. The standard InChI is InChI=1S/C14H19N3O4S/c1-21-12-3-4-13-10(8-12)7-11(17-13)9-15-14(18)5-6-16-22(2,19)20/h3-4,7-8,16-17H,5-6,9H2,1-2H3,(H,15,18). The summed E-state index contributed by atoms with van der Waals surface area (Å²) in [5.41, 5.74) is 1.83. The molecule has 1 aromatic heterocycles. The number of amides is 1. The van der Waals surface area contributed by atoms with Crippen LogP contribution in [-0.2, 0) is 21.4 Å². The van der Waals surface area contributed by atoms with Crippen molar-refractivity contribution in [1.82, 2.24) is 15.0 Å². The Kier molecular flexibility index (Phi) is 5.04. The lowest BCUT2D eigenvalue weighted by Gasteiger charge is -2.04. The third-order valence-electron chi connectivity index (χ3n) is 3.08. The molecule has 0 aliphatic carbocycles. The van der Waals surface area contributed by atoms with Crippen molar-refractivity contribution in [2.45, 2.75) is 13.0 Å². The Morgan fingerprint density at radius 2 is 2.09 bits per heavy atom. The Morgan fingerprint density at radius 1 is 1.32 bits per heavy atom. The number of methoxy groups -OCH3 is 1. The number of carbonyl (C=O) groups is 1. The Balaban J connectivity index is 1.87. The van der Waals surface area contributed by atoms with E-state index in [0.717, 1.165) is 28.6 Å². The first-order valence-electron chi connectivity index (χ1n) is 6.74. The van der Waals surface area contributed by atoms with Crippen LogP contribution in [0.2, 0.25) is 0 Å². The van der Waals surface area contributed by atoms with E-state index in [1.807, 2.05) is 24.3 Å². The molecular weight excluding hydrogens is 306 g/mol. The zero-order chi connectivity index (χ0) is 16.2. The molecule has 8 heteroatoms. The maximum absolute atomic E-state index is 11.6. The average molecular weight is 325 g/mol. The van der Waals surface area contributed by atoms with Gasteiger partial charge in [-0.3, -0.25) is 4.79 Å². The summed E-state index contributed by atoms with van der Waals surface area (Å²) in [5.74, 6) is 0.557. The summed E-state index contributed by atoms with van der Waals surface area (Å²) in [4.78, 5) is 14.8. The molecule has 1 amide bonds. The summed E-state index contributed by atoms with van der Waals surface area (Å²) in [6.07, 6.45) is 1.16. The summed E-state index contributed by atoms with van der Waals surface area (Å²) in [7, 11) is -1.65. The second-order valence-electron chi connectivity index (χ2n) is 4.94. The van der Waals surface area contributed by atoms with Gasteiger partial charge in [0.05, 0.1) is 19.9 Å². The zero-order valence-corrected chi connectivity index (χ0v) is 13.3. The molecule has 2 rings (SSSR count). The quantitative estimate of drug-likeness (QED) is 0.699. The van der Waals surface area contributed by atoms with Crippen molar-refractivity contribution in [2.24, 2.45) is 0 Å². The largest absolute Gasteiger partial charge is 0.497 e. The highest BCUT2D eigenvalue weighted by atomic mass is 32.2. The highest BCUT2D eigenvalue weighted by Crippen LogP contribution is 2.21. The van der Waals surface area contributed by atoms with Gasteiger partial charge in [0.2, 0.25) is 15.9 Å². The Hall–Kier alpha value is -2.06. The molecule has 2 aromatic rings. The fourth-order valence-electron chi connectivity index (χ4n) is 2.03. The summed E-state index contributed by atoms with van der Waals surface area (Å²) in [6, 6.07) is 7.62. The van der Waals surface area contributed by atoms with Gasteiger partial charge in [-0.15, -0.1) is 0 Å². The molecule has 1 heterocycles. The molecule has 0 aliphatic rings. The molecule has 0 bridgehead atoms. The van der Waals surface area contributed by atoms with Gasteiger partial charge < -0.3 is 15.0 Å². The second kappa shape index (κ2) is 6.80. The van der Waals surface area contributed by atoms with Crippen LogP contribution in [0, 0.1) is 0 Å². The molecule has 0 fully saturated rings. The van der Waals surface area contributed by atoms with Gasteiger partial charge in [-0.05, 0) is 24.3 Å². The van der Waals surface area contributed by atoms with Crippen LogP contribution < -0.4 is 14.8 Å². The minimum absolute atomic E-state index is 0.0918. The van der Waals surface area contributed by atoms with Gasteiger partial charge in [0.15, 0.2) is 0 Å². The van der Waals surface area contributed by atoms with Crippen LogP contribution in [0.15, 0.2) is 24.3 Å². The Bertz CT molecular complexity index is 767. The number of rotatable bonds is 7. The van der Waals surface area contributed by atoms with Gasteiger partial charge in [-0.25, -0.2) is 13.1 Å². The first-order chi connectivity index (χ1) is 10.4. The third kappa shape index (κ3) is 4.74. The summed E-state index contributed by atoms with van der Waals surface area (Å²) >= 11 is 0. The van der Waals surface area contributed by atoms with Crippen LogP contribution >= 0.6 is 0 Å². The van der Waals surface area contributed by atoms with E-state index in [1.54, 1.807) is 7.11 Å². The predicted molar refractivity (Wildman–Crippen MR) is 84.2 cm³/mol. The van der Waals surface area contributed by atoms with Crippen molar-refractivity contribution >= 4 is 26.8 Å². The number of benzene rings is 1. The molecule has 0 spiro atoms. The van der Waals surface area contributed by atoms with E-state index in [-0.39, 0.29) is 18.9 Å². The van der Waals surface area contributed by atoms with Gasteiger partial charge >= 0.3 is 0 Å². The van der Waals surface area contributed by atoms with E-state index in [4.69, 9.17) is 4.74 Å². The molecule has 120 valence electrons. The highest BCUT2D eigenvalue weighted by molar-refractivity contribution is 7.88. The monoisotopic (exact) mass is 325 g/mol. The number of hydrogen-bond acceptors (Lipinski definition) is 4. The van der Waals surface area contributed by atoms with E-state index in [9.17, 15) is 13.2 Å². The first kappa shape index (κ1) is 16.3. The van der Waals surface area contributed by atoms with Crippen molar-refractivity contribution in [3.8, 4) is 5.75 Å². The van der Waals surface area contributed by atoms with Gasteiger partial charge in [0.25, 0.3) is 0 Å². The van der Waals surface area contributed by atoms with Crippen molar-refractivity contribution in [3.63, 3.8) is 0 Å². The van der Waals surface area contributed by atoms with Crippen molar-refractivity contribution in [1.29, 1.82) is 0 Å². The number of nitrogens with one attached hydrogen (secondary N) is 3. The van der Waals surface area contributed by atoms with Crippen molar-refractivity contribution < 1.29 is 17.9 Å². The van der Waals surface area contributed by atoms with E-state index < -0.39 is 10.0 Å². The van der Waals surface area contributed by atoms with E-state index >= 15 is 0 Å². The predicted octanol–water partition coefficient (Wildman–Crippen LogP) is 0.732. The molecule has 0 atom stereocenters. The van der Waals surface area contributed by atoms with Crippen LogP contribution in [0.4, 0.5) is 0 Å². The number of aromatic nitrogens is 1. The molecule has 0 unspecified atom stereocenters. The molecule has 1 aromatic carbocycles. The average Bonchev–Trinajstić information content (AvgIpc) is 2.85. The number of ether oxygens (including phenoxy) is 1. The molecule has 0 aliphatic heterocycles. The number of fused-ring (bicyclic) bond motifs is 1. The SMILES string of the molecule is COc1ccc2[nH]c(CNC(=O)CCNS(C)(=O)=O)cc2c1. The minimum Gasteiger partial charge on any atom is -0.497 e. The van der Waals surface area contributed by atoms with Crippen LogP contribution in [0.1, 0.15) is 12.1 Å². The van der Waals surface area contributed by atoms with Crippen LogP contribution in [0.5, 0.6) is 5.75 Å². The lowest BCUT2D eigenvalue weighted by molar-refractivity contribution is -0.121. The second-order valence-corrected chi connectivity index (χ2v) is 6.77. The molecule has 3 N–H and O–H groups in total. The smallest absolute Gasteiger partial charge is 0.221 e. The summed E-state index contributed by atoms with van der Waals surface area (Å²) in [5, 5.41) is 3.74. The highest BCUT2D eigenvalue weighted by Gasteiger charge is 2.06. The molecular formula is C14H19N3O4S. The molecule has 7 nitrogen and oxygen atoms in total. The number of carbonyl (C=O) groups excluding carboxylic acids is 1. The molecule has 0 saturated carbocycles. The summed E-state index contributed by atoms with van der Waals surface area (Å²) in [6.45, 7) is 0.448. The van der Waals surface area contributed by atoms with Crippen LogP contribution in [0.25, 0.3) is 10.9 Å².